The van der Waals surface area contributed by atoms with Gasteiger partial charge < -0.3 is 9.47 Å². The van der Waals surface area contributed by atoms with E-state index >= 15 is 0 Å². The second-order valence-electron chi connectivity index (χ2n) is 2.61. The van der Waals surface area contributed by atoms with E-state index in [-0.39, 0.29) is 6.79 Å². The van der Waals surface area contributed by atoms with Gasteiger partial charge in [0.2, 0.25) is 5.88 Å². The Morgan fingerprint density at radius 3 is 3.00 bits per heavy atom. The maximum absolute atomic E-state index is 5.22. The van der Waals surface area contributed by atoms with Crippen molar-refractivity contribution >= 4 is 0 Å². The molecule has 0 radical (unpaired) electrons. The van der Waals surface area contributed by atoms with Crippen LogP contribution in [0, 0.1) is 6.92 Å². The summed E-state index contributed by atoms with van der Waals surface area (Å²) in [5.41, 5.74) is 0. The molecule has 0 fully saturated rings. The Bertz CT molecular complexity index is 253. The molecule has 0 bridgehead atoms. The molecule has 72 valence electrons. The second kappa shape index (κ2) is 5.48. The number of rotatable bonds is 5. The van der Waals surface area contributed by atoms with Gasteiger partial charge in [-0.25, -0.2) is 4.98 Å². The van der Waals surface area contributed by atoms with Crippen molar-refractivity contribution in [3.63, 3.8) is 0 Å². The topological polar surface area (TPSA) is 44.2 Å². The molecule has 0 atom stereocenters. The molecule has 1 aromatic heterocycles. The Labute approximate surface area is 77.9 Å². The predicted octanol–water partition coefficient (Wildman–Crippen LogP) is 1.55. The normalized spacial score (nSPS) is 10.0. The highest BCUT2D eigenvalue weighted by atomic mass is 16.7. The average molecular weight is 182 g/mol. The maximum atomic E-state index is 5.22. The van der Waals surface area contributed by atoms with Gasteiger partial charge in [0.15, 0.2) is 6.79 Å². The first kappa shape index (κ1) is 9.92. The fraction of sp³-hybridized carbons (Fsp3) is 0.556. The Kier molecular flexibility index (Phi) is 4.18. The summed E-state index contributed by atoms with van der Waals surface area (Å²) < 4.78 is 10.4. The van der Waals surface area contributed by atoms with Crippen molar-refractivity contribution in [2.24, 2.45) is 0 Å². The van der Waals surface area contributed by atoms with E-state index in [2.05, 4.69) is 16.9 Å². The summed E-state index contributed by atoms with van der Waals surface area (Å²) in [6.07, 6.45) is 2.66. The third kappa shape index (κ3) is 3.85. The first-order valence-electron chi connectivity index (χ1n) is 4.33. The maximum Gasteiger partial charge on any atom is 0.218 e. The van der Waals surface area contributed by atoms with Gasteiger partial charge in [-0.15, -0.1) is 0 Å². The van der Waals surface area contributed by atoms with Crippen molar-refractivity contribution in [3.05, 3.63) is 18.1 Å². The average Bonchev–Trinajstić information content (AvgIpc) is 2.13. The van der Waals surface area contributed by atoms with Crippen LogP contribution in [-0.2, 0) is 4.74 Å². The first-order chi connectivity index (χ1) is 6.33. The van der Waals surface area contributed by atoms with Crippen LogP contribution in [0.2, 0.25) is 0 Å². The van der Waals surface area contributed by atoms with E-state index in [1.165, 1.54) is 0 Å². The summed E-state index contributed by atoms with van der Waals surface area (Å²) in [6.45, 7) is 4.84. The number of aromatic nitrogens is 2. The van der Waals surface area contributed by atoms with E-state index in [0.717, 1.165) is 6.42 Å². The molecule has 0 N–H and O–H groups in total. The first-order valence-corrected chi connectivity index (χ1v) is 4.33. The van der Waals surface area contributed by atoms with Crippen LogP contribution in [0.25, 0.3) is 0 Å². The molecule has 0 spiro atoms. The molecule has 13 heavy (non-hydrogen) atoms. The van der Waals surface area contributed by atoms with Crippen molar-refractivity contribution in [2.45, 2.75) is 20.3 Å². The molecule has 1 rings (SSSR count). The Hall–Kier alpha value is -1.16. The smallest absolute Gasteiger partial charge is 0.218 e. The van der Waals surface area contributed by atoms with E-state index in [1.807, 2.05) is 6.92 Å². The van der Waals surface area contributed by atoms with Gasteiger partial charge in [-0.3, -0.25) is 0 Å². The van der Waals surface area contributed by atoms with Crippen LogP contribution in [0.1, 0.15) is 19.2 Å². The number of hydrogen-bond donors (Lipinski definition) is 0. The molecule has 0 unspecified atom stereocenters. The zero-order valence-electron chi connectivity index (χ0n) is 7.99. The summed E-state index contributed by atoms with van der Waals surface area (Å²) in [5, 5.41) is 0. The zero-order valence-corrected chi connectivity index (χ0v) is 7.99. The van der Waals surface area contributed by atoms with Gasteiger partial charge in [-0.2, -0.15) is 4.98 Å². The molecule has 0 aliphatic heterocycles. The molecule has 0 aliphatic rings. The summed E-state index contributed by atoms with van der Waals surface area (Å²) in [7, 11) is 0. The van der Waals surface area contributed by atoms with Gasteiger partial charge in [0.1, 0.15) is 5.82 Å². The van der Waals surface area contributed by atoms with Crippen LogP contribution in [0.4, 0.5) is 0 Å². The van der Waals surface area contributed by atoms with Gasteiger partial charge in [-0.1, -0.05) is 6.92 Å². The van der Waals surface area contributed by atoms with Crippen molar-refractivity contribution in [2.75, 3.05) is 13.4 Å². The lowest BCUT2D eigenvalue weighted by Crippen LogP contribution is -2.05. The van der Waals surface area contributed by atoms with Crippen LogP contribution < -0.4 is 4.74 Å². The number of aryl methyl sites for hydroxylation is 1. The third-order valence-electron chi connectivity index (χ3n) is 1.39. The predicted molar refractivity (Wildman–Crippen MR) is 48.5 cm³/mol. The molecule has 4 heteroatoms. The lowest BCUT2D eigenvalue weighted by Gasteiger charge is -2.04. The lowest BCUT2D eigenvalue weighted by atomic mass is 10.5. The summed E-state index contributed by atoms with van der Waals surface area (Å²) in [4.78, 5) is 8.01. The highest BCUT2D eigenvalue weighted by Gasteiger charge is 1.94. The van der Waals surface area contributed by atoms with Gasteiger partial charge in [0.05, 0.1) is 6.61 Å². The molecule has 1 heterocycles. The largest absolute Gasteiger partial charge is 0.450 e. The van der Waals surface area contributed by atoms with E-state index in [9.17, 15) is 0 Å². The number of nitrogens with zero attached hydrogens (tertiary/aromatic N) is 2. The number of ether oxygens (including phenoxy) is 2. The van der Waals surface area contributed by atoms with Crippen molar-refractivity contribution in [3.8, 4) is 5.88 Å². The van der Waals surface area contributed by atoms with E-state index in [0.29, 0.717) is 18.3 Å². The monoisotopic (exact) mass is 182 g/mol. The van der Waals surface area contributed by atoms with Gasteiger partial charge in [0, 0.05) is 12.3 Å². The highest BCUT2D eigenvalue weighted by molar-refractivity contribution is 5.07. The molecule has 0 amide bonds. The van der Waals surface area contributed by atoms with Crippen molar-refractivity contribution in [1.82, 2.24) is 9.97 Å². The van der Waals surface area contributed by atoms with Crippen LogP contribution in [-0.4, -0.2) is 23.4 Å². The van der Waals surface area contributed by atoms with Crippen molar-refractivity contribution in [1.29, 1.82) is 0 Å². The summed E-state index contributed by atoms with van der Waals surface area (Å²) in [5.74, 6) is 1.26. The fourth-order valence-corrected chi connectivity index (χ4v) is 0.820. The Balaban J connectivity index is 2.28. The second-order valence-corrected chi connectivity index (χ2v) is 2.61. The fourth-order valence-electron chi connectivity index (χ4n) is 0.820. The van der Waals surface area contributed by atoms with Crippen LogP contribution in [0.5, 0.6) is 5.88 Å². The van der Waals surface area contributed by atoms with Crippen LogP contribution >= 0.6 is 0 Å². The molecule has 1 aromatic rings. The molecular formula is C9H14N2O2. The molecule has 0 aliphatic carbocycles. The Morgan fingerprint density at radius 1 is 1.46 bits per heavy atom. The summed E-state index contributed by atoms with van der Waals surface area (Å²) >= 11 is 0. The van der Waals surface area contributed by atoms with Gasteiger partial charge in [0.25, 0.3) is 0 Å². The van der Waals surface area contributed by atoms with E-state index in [1.54, 1.807) is 12.3 Å². The third-order valence-corrected chi connectivity index (χ3v) is 1.39. The minimum absolute atomic E-state index is 0.254. The van der Waals surface area contributed by atoms with Crippen LogP contribution in [0.15, 0.2) is 12.3 Å². The molecule has 0 saturated carbocycles. The van der Waals surface area contributed by atoms with Gasteiger partial charge >= 0.3 is 0 Å². The minimum atomic E-state index is 0.254. The van der Waals surface area contributed by atoms with Gasteiger partial charge in [-0.05, 0) is 13.3 Å². The molecule has 0 saturated heterocycles. The van der Waals surface area contributed by atoms with Crippen molar-refractivity contribution < 1.29 is 9.47 Å². The van der Waals surface area contributed by atoms with E-state index in [4.69, 9.17) is 9.47 Å². The SMILES string of the molecule is CCCOCOc1ccnc(C)n1. The molecule has 0 aromatic carbocycles. The highest BCUT2D eigenvalue weighted by Crippen LogP contribution is 2.03. The minimum Gasteiger partial charge on any atom is -0.450 e. The quantitative estimate of drug-likeness (QED) is 0.512. The van der Waals surface area contributed by atoms with Crippen LogP contribution in [0.3, 0.4) is 0 Å². The summed E-state index contributed by atoms with van der Waals surface area (Å²) in [6, 6.07) is 1.71. The molecule has 4 nitrogen and oxygen atoms in total. The molecular weight excluding hydrogens is 168 g/mol. The lowest BCUT2D eigenvalue weighted by molar-refractivity contribution is 0.0129. The standard InChI is InChI=1S/C9H14N2O2/c1-3-6-12-7-13-9-4-5-10-8(2)11-9/h4-5H,3,6-7H2,1-2H3. The Morgan fingerprint density at radius 2 is 2.31 bits per heavy atom. The van der Waals surface area contributed by atoms with E-state index < -0.39 is 0 Å². The number of hydrogen-bond acceptors (Lipinski definition) is 4. The zero-order chi connectivity index (χ0) is 9.52.